The molecular weight excluding hydrogens is 324 g/mol. The average molecular weight is 359 g/mol. The van der Waals surface area contributed by atoms with Crippen molar-refractivity contribution in [3.05, 3.63) is 29.8 Å². The lowest BCUT2D eigenvalue weighted by Crippen LogP contribution is -2.45. The molecule has 1 heterocycles. The van der Waals surface area contributed by atoms with Gasteiger partial charge in [0.1, 0.15) is 0 Å². The van der Waals surface area contributed by atoms with E-state index >= 15 is 0 Å². The van der Waals surface area contributed by atoms with Crippen LogP contribution in [-0.2, 0) is 15.0 Å². The van der Waals surface area contributed by atoms with E-state index < -0.39 is 0 Å². The van der Waals surface area contributed by atoms with Crippen molar-refractivity contribution in [3.63, 3.8) is 0 Å². The second kappa shape index (κ2) is 8.70. The number of hydrogen-bond donors (Lipinski definition) is 0. The minimum atomic E-state index is -0.0610. The van der Waals surface area contributed by atoms with Crippen LogP contribution in [0.1, 0.15) is 72.3 Å². The number of carbonyl (C=O) groups is 2. The summed E-state index contributed by atoms with van der Waals surface area (Å²) in [6.45, 7) is 11.5. The fourth-order valence-corrected chi connectivity index (χ4v) is 3.90. The zero-order chi connectivity index (χ0) is 19.3. The Hall–Kier alpha value is -1.84. The van der Waals surface area contributed by atoms with E-state index in [1.807, 2.05) is 23.1 Å². The summed E-state index contributed by atoms with van der Waals surface area (Å²) in [6.07, 6.45) is 4.79. The Balaban J connectivity index is 2.15. The fourth-order valence-electron chi connectivity index (χ4n) is 3.90. The number of nitrogens with zero attached hydrogens (tertiary/aromatic N) is 2. The lowest BCUT2D eigenvalue weighted by molar-refractivity contribution is -0.134. The SMILES string of the molecule is CCC1CCCCN1C(=O)CCN(C(C)=O)c1ccccc1C(C)(C)C. The van der Waals surface area contributed by atoms with Crippen LogP contribution in [0.5, 0.6) is 0 Å². The van der Waals surface area contributed by atoms with Crippen LogP contribution in [0.2, 0.25) is 0 Å². The van der Waals surface area contributed by atoms with Crippen molar-refractivity contribution < 1.29 is 9.59 Å². The monoisotopic (exact) mass is 358 g/mol. The summed E-state index contributed by atoms with van der Waals surface area (Å²) >= 11 is 0. The molecule has 1 aromatic rings. The predicted octanol–water partition coefficient (Wildman–Crippen LogP) is 4.52. The lowest BCUT2D eigenvalue weighted by Gasteiger charge is -2.36. The summed E-state index contributed by atoms with van der Waals surface area (Å²) in [6, 6.07) is 8.39. The van der Waals surface area contributed by atoms with Crippen LogP contribution in [-0.4, -0.2) is 35.8 Å². The number of benzene rings is 1. The van der Waals surface area contributed by atoms with E-state index in [4.69, 9.17) is 0 Å². The third-order valence-corrected chi connectivity index (χ3v) is 5.35. The molecule has 26 heavy (non-hydrogen) atoms. The van der Waals surface area contributed by atoms with Crippen molar-refractivity contribution in [2.24, 2.45) is 0 Å². The number of anilines is 1. The van der Waals surface area contributed by atoms with Crippen molar-refractivity contribution in [2.75, 3.05) is 18.0 Å². The number of likely N-dealkylation sites (tertiary alicyclic amines) is 1. The molecule has 1 saturated heterocycles. The molecule has 1 aliphatic heterocycles. The standard InChI is InChI=1S/C22H34N2O2/c1-6-18-11-9-10-15-24(18)21(26)14-16-23(17(2)25)20-13-8-7-12-19(20)22(3,4)5/h7-8,12-13,18H,6,9-11,14-16H2,1-5H3. The highest BCUT2D eigenvalue weighted by Gasteiger charge is 2.27. The van der Waals surface area contributed by atoms with Crippen LogP contribution in [0, 0.1) is 0 Å². The molecule has 2 amide bonds. The van der Waals surface area contributed by atoms with Gasteiger partial charge in [-0.3, -0.25) is 9.59 Å². The third-order valence-electron chi connectivity index (χ3n) is 5.35. The fraction of sp³-hybridized carbons (Fsp3) is 0.636. The molecule has 1 atom stereocenters. The van der Waals surface area contributed by atoms with E-state index in [0.29, 0.717) is 19.0 Å². The number of piperidine rings is 1. The maximum Gasteiger partial charge on any atom is 0.224 e. The summed E-state index contributed by atoms with van der Waals surface area (Å²) in [7, 11) is 0. The molecule has 0 aliphatic carbocycles. The number of para-hydroxylation sites is 1. The highest BCUT2D eigenvalue weighted by Crippen LogP contribution is 2.32. The van der Waals surface area contributed by atoms with Gasteiger partial charge in [0, 0.05) is 38.2 Å². The van der Waals surface area contributed by atoms with Crippen LogP contribution < -0.4 is 4.90 Å². The van der Waals surface area contributed by atoms with Gasteiger partial charge in [-0.05, 0) is 42.7 Å². The van der Waals surface area contributed by atoms with Gasteiger partial charge in [0.05, 0.1) is 0 Å². The van der Waals surface area contributed by atoms with Gasteiger partial charge >= 0.3 is 0 Å². The van der Waals surface area contributed by atoms with Crippen molar-refractivity contribution in [1.82, 2.24) is 4.90 Å². The average Bonchev–Trinajstić information content (AvgIpc) is 2.61. The molecule has 1 aromatic carbocycles. The van der Waals surface area contributed by atoms with Crippen LogP contribution in [0.15, 0.2) is 24.3 Å². The van der Waals surface area contributed by atoms with Gasteiger partial charge in [0.15, 0.2) is 0 Å². The number of amides is 2. The first-order valence-electron chi connectivity index (χ1n) is 9.92. The van der Waals surface area contributed by atoms with Gasteiger partial charge in [-0.2, -0.15) is 0 Å². The topological polar surface area (TPSA) is 40.6 Å². The maximum absolute atomic E-state index is 12.8. The van der Waals surface area contributed by atoms with Gasteiger partial charge in [-0.25, -0.2) is 0 Å². The van der Waals surface area contributed by atoms with Gasteiger partial charge in [0.2, 0.25) is 11.8 Å². The van der Waals surface area contributed by atoms with Crippen LogP contribution in [0.4, 0.5) is 5.69 Å². The molecule has 1 aliphatic rings. The molecule has 4 nitrogen and oxygen atoms in total. The molecule has 1 unspecified atom stereocenters. The first-order chi connectivity index (χ1) is 12.3. The van der Waals surface area contributed by atoms with Crippen LogP contribution >= 0.6 is 0 Å². The summed E-state index contributed by atoms with van der Waals surface area (Å²) in [4.78, 5) is 28.9. The molecule has 0 N–H and O–H groups in total. The Morgan fingerprint density at radius 3 is 2.50 bits per heavy atom. The first kappa shape index (κ1) is 20.5. The van der Waals surface area contributed by atoms with Gasteiger partial charge in [-0.15, -0.1) is 0 Å². The van der Waals surface area contributed by atoms with Crippen LogP contribution in [0.3, 0.4) is 0 Å². The molecule has 0 aromatic heterocycles. The molecule has 0 bridgehead atoms. The molecule has 1 fully saturated rings. The summed E-state index contributed by atoms with van der Waals surface area (Å²) in [5.74, 6) is 0.163. The summed E-state index contributed by atoms with van der Waals surface area (Å²) < 4.78 is 0. The Kier molecular flexibility index (Phi) is 6.85. The molecule has 0 saturated carbocycles. The van der Waals surface area contributed by atoms with Gasteiger partial charge in [0.25, 0.3) is 0 Å². The zero-order valence-electron chi connectivity index (χ0n) is 17.0. The second-order valence-corrected chi connectivity index (χ2v) is 8.33. The smallest absolute Gasteiger partial charge is 0.224 e. The third kappa shape index (κ3) is 4.87. The largest absolute Gasteiger partial charge is 0.340 e. The molecule has 2 rings (SSSR count). The van der Waals surface area contributed by atoms with E-state index in [1.165, 1.54) is 6.42 Å². The summed E-state index contributed by atoms with van der Waals surface area (Å²) in [5.41, 5.74) is 1.99. The van der Waals surface area contributed by atoms with Crippen molar-refractivity contribution in [3.8, 4) is 0 Å². The zero-order valence-corrected chi connectivity index (χ0v) is 17.0. The molecular formula is C22H34N2O2. The molecule has 0 spiro atoms. The highest BCUT2D eigenvalue weighted by atomic mass is 16.2. The van der Waals surface area contributed by atoms with Crippen molar-refractivity contribution >= 4 is 17.5 Å². The van der Waals surface area contributed by atoms with Crippen molar-refractivity contribution in [1.29, 1.82) is 0 Å². The van der Waals surface area contributed by atoms with E-state index in [9.17, 15) is 9.59 Å². The minimum Gasteiger partial charge on any atom is -0.340 e. The molecule has 0 radical (unpaired) electrons. The van der Waals surface area contributed by atoms with Crippen molar-refractivity contribution in [2.45, 2.75) is 78.2 Å². The van der Waals surface area contributed by atoms with E-state index in [2.05, 4.69) is 33.8 Å². The first-order valence-corrected chi connectivity index (χ1v) is 9.92. The Morgan fingerprint density at radius 2 is 1.88 bits per heavy atom. The van der Waals surface area contributed by atoms with E-state index in [1.54, 1.807) is 11.8 Å². The highest BCUT2D eigenvalue weighted by molar-refractivity contribution is 5.93. The second-order valence-electron chi connectivity index (χ2n) is 8.33. The molecule has 4 heteroatoms. The van der Waals surface area contributed by atoms with Gasteiger partial charge < -0.3 is 9.80 Å². The number of carbonyl (C=O) groups excluding carboxylic acids is 2. The Morgan fingerprint density at radius 1 is 1.19 bits per heavy atom. The Bertz CT molecular complexity index is 633. The summed E-state index contributed by atoms with van der Waals surface area (Å²) in [5, 5.41) is 0. The maximum atomic E-state index is 12.8. The lowest BCUT2D eigenvalue weighted by atomic mass is 9.85. The molecule has 144 valence electrons. The minimum absolute atomic E-state index is 0.0137. The number of hydrogen-bond acceptors (Lipinski definition) is 2. The van der Waals surface area contributed by atoms with Gasteiger partial charge in [-0.1, -0.05) is 45.9 Å². The number of rotatable bonds is 5. The van der Waals surface area contributed by atoms with E-state index in [0.717, 1.165) is 37.1 Å². The quantitative estimate of drug-likeness (QED) is 0.776. The van der Waals surface area contributed by atoms with E-state index in [-0.39, 0.29) is 17.2 Å². The van der Waals surface area contributed by atoms with Crippen LogP contribution in [0.25, 0.3) is 0 Å². The Labute approximate surface area is 158 Å². The normalized spacial score (nSPS) is 17.9. The predicted molar refractivity (Wildman–Crippen MR) is 107 cm³/mol.